The van der Waals surface area contributed by atoms with Crippen LogP contribution in [0.3, 0.4) is 0 Å². The third-order valence-corrected chi connectivity index (χ3v) is 2.42. The van der Waals surface area contributed by atoms with Crippen LogP contribution in [0.25, 0.3) is 0 Å². The van der Waals surface area contributed by atoms with Crippen LogP contribution in [-0.4, -0.2) is 23.8 Å². The van der Waals surface area contributed by atoms with Gasteiger partial charge in [0.15, 0.2) is 0 Å². The zero-order chi connectivity index (χ0) is 11.7. The van der Waals surface area contributed by atoms with E-state index in [9.17, 15) is 4.79 Å². The molecule has 1 aromatic rings. The van der Waals surface area contributed by atoms with Gasteiger partial charge in [-0.25, -0.2) is 4.42 Å². The van der Waals surface area contributed by atoms with Gasteiger partial charge >= 0.3 is 0 Å². The van der Waals surface area contributed by atoms with Crippen molar-refractivity contribution < 1.29 is 4.79 Å². The Morgan fingerprint density at radius 3 is 1.93 bits per heavy atom. The molecule has 0 aliphatic heterocycles. The van der Waals surface area contributed by atoms with E-state index < -0.39 is 0 Å². The SMILES string of the molecule is CCN(Cl)CC.O=Cc1ccc(Cl)cc1. The molecule has 0 spiro atoms. The number of benzene rings is 1. The first kappa shape index (κ1) is 14.4. The normalized spacial score (nSPS) is 9.40. The van der Waals surface area contributed by atoms with Crippen LogP contribution >= 0.6 is 23.4 Å². The van der Waals surface area contributed by atoms with Crippen molar-refractivity contribution in [3.8, 4) is 0 Å². The van der Waals surface area contributed by atoms with E-state index in [0.717, 1.165) is 19.4 Å². The Labute approximate surface area is 101 Å². The Balaban J connectivity index is 0.000000288. The highest BCUT2D eigenvalue weighted by Crippen LogP contribution is 2.07. The third kappa shape index (κ3) is 7.37. The molecule has 15 heavy (non-hydrogen) atoms. The molecule has 0 heterocycles. The minimum atomic E-state index is 0.652. The minimum absolute atomic E-state index is 0.652. The molecule has 0 unspecified atom stereocenters. The Kier molecular flexibility index (Phi) is 8.38. The lowest BCUT2D eigenvalue weighted by molar-refractivity contribution is 0.112. The van der Waals surface area contributed by atoms with Crippen molar-refractivity contribution in [3.05, 3.63) is 34.9 Å². The molecular formula is C11H15Cl2NO. The summed E-state index contributed by atoms with van der Waals surface area (Å²) in [5.41, 5.74) is 0.652. The summed E-state index contributed by atoms with van der Waals surface area (Å²) in [5, 5.41) is 0.653. The highest BCUT2D eigenvalue weighted by Gasteiger charge is 1.86. The number of carbonyl (C=O) groups excluding carboxylic acids is 1. The maximum absolute atomic E-state index is 10.1. The highest BCUT2D eigenvalue weighted by atomic mass is 35.5. The lowest BCUT2D eigenvalue weighted by atomic mass is 10.2. The minimum Gasteiger partial charge on any atom is -0.298 e. The second-order valence-corrected chi connectivity index (χ2v) is 3.68. The Bertz CT molecular complexity index is 270. The van der Waals surface area contributed by atoms with Gasteiger partial charge in [-0.05, 0) is 23.9 Å². The number of halogens is 2. The van der Waals surface area contributed by atoms with Gasteiger partial charge in [-0.2, -0.15) is 0 Å². The van der Waals surface area contributed by atoms with Gasteiger partial charge in [0.25, 0.3) is 0 Å². The van der Waals surface area contributed by atoms with Crippen molar-refractivity contribution in [3.63, 3.8) is 0 Å². The summed E-state index contributed by atoms with van der Waals surface area (Å²) < 4.78 is 1.72. The van der Waals surface area contributed by atoms with E-state index in [1.165, 1.54) is 0 Å². The van der Waals surface area contributed by atoms with Crippen molar-refractivity contribution in [1.82, 2.24) is 4.42 Å². The number of hydrogen-bond donors (Lipinski definition) is 0. The monoisotopic (exact) mass is 247 g/mol. The molecule has 0 aliphatic carbocycles. The van der Waals surface area contributed by atoms with Crippen LogP contribution in [0.1, 0.15) is 24.2 Å². The Morgan fingerprint density at radius 1 is 1.20 bits per heavy atom. The van der Waals surface area contributed by atoms with Gasteiger partial charge in [0.2, 0.25) is 0 Å². The maximum Gasteiger partial charge on any atom is 0.150 e. The standard InChI is InChI=1S/C7H5ClO.C4H10ClN/c8-7-3-1-6(5-9)2-4-7;1-3-6(5)4-2/h1-5H;3-4H2,1-2H3. The average molecular weight is 248 g/mol. The van der Waals surface area contributed by atoms with E-state index in [0.29, 0.717) is 10.6 Å². The summed E-state index contributed by atoms with van der Waals surface area (Å²) in [4.78, 5) is 10.1. The van der Waals surface area contributed by atoms with E-state index in [2.05, 4.69) is 0 Å². The molecular weight excluding hydrogens is 233 g/mol. The summed E-state index contributed by atoms with van der Waals surface area (Å²) in [7, 11) is 0. The Morgan fingerprint density at radius 2 is 1.67 bits per heavy atom. The van der Waals surface area contributed by atoms with Crippen LogP contribution in [0.5, 0.6) is 0 Å². The van der Waals surface area contributed by atoms with E-state index in [-0.39, 0.29) is 0 Å². The summed E-state index contributed by atoms with van der Waals surface area (Å²) >= 11 is 11.0. The van der Waals surface area contributed by atoms with Crippen molar-refractivity contribution >= 4 is 29.7 Å². The fraction of sp³-hybridized carbons (Fsp3) is 0.364. The molecule has 0 radical (unpaired) electrons. The van der Waals surface area contributed by atoms with E-state index in [1.54, 1.807) is 28.7 Å². The smallest absolute Gasteiger partial charge is 0.150 e. The van der Waals surface area contributed by atoms with Crippen LogP contribution in [0.4, 0.5) is 0 Å². The molecule has 0 aromatic heterocycles. The van der Waals surface area contributed by atoms with Gasteiger partial charge in [0.1, 0.15) is 6.29 Å². The molecule has 0 fully saturated rings. The zero-order valence-electron chi connectivity index (χ0n) is 8.91. The number of nitrogens with zero attached hydrogens (tertiary/aromatic N) is 1. The van der Waals surface area contributed by atoms with Crippen molar-refractivity contribution in [2.75, 3.05) is 13.1 Å². The molecule has 4 heteroatoms. The molecule has 0 atom stereocenters. The van der Waals surface area contributed by atoms with E-state index >= 15 is 0 Å². The second kappa shape index (κ2) is 8.72. The molecule has 0 aliphatic rings. The van der Waals surface area contributed by atoms with Gasteiger partial charge in [-0.3, -0.25) is 4.79 Å². The first-order chi connectivity index (χ1) is 7.13. The summed E-state index contributed by atoms with van der Waals surface area (Å²) in [6.45, 7) is 5.91. The number of carbonyl (C=O) groups is 1. The van der Waals surface area contributed by atoms with Gasteiger partial charge in [0, 0.05) is 23.7 Å². The van der Waals surface area contributed by atoms with Crippen LogP contribution in [-0.2, 0) is 0 Å². The predicted molar refractivity (Wildman–Crippen MR) is 65.6 cm³/mol. The van der Waals surface area contributed by atoms with Crippen LogP contribution in [0.2, 0.25) is 5.02 Å². The van der Waals surface area contributed by atoms with E-state index in [1.807, 2.05) is 13.8 Å². The molecule has 2 nitrogen and oxygen atoms in total. The highest BCUT2D eigenvalue weighted by molar-refractivity contribution is 6.30. The molecule has 1 rings (SSSR count). The maximum atomic E-state index is 10.1. The number of aldehydes is 1. The fourth-order valence-electron chi connectivity index (χ4n) is 0.765. The van der Waals surface area contributed by atoms with Crippen molar-refractivity contribution in [1.29, 1.82) is 0 Å². The van der Waals surface area contributed by atoms with Gasteiger partial charge in [-0.1, -0.05) is 37.6 Å². The number of hydrogen-bond acceptors (Lipinski definition) is 2. The molecule has 0 amide bonds. The summed E-state index contributed by atoms with van der Waals surface area (Å²) in [6.07, 6.45) is 0.788. The van der Waals surface area contributed by atoms with Crippen molar-refractivity contribution in [2.45, 2.75) is 13.8 Å². The van der Waals surface area contributed by atoms with E-state index in [4.69, 9.17) is 23.4 Å². The second-order valence-electron chi connectivity index (χ2n) is 2.76. The third-order valence-electron chi connectivity index (χ3n) is 1.69. The molecule has 1 aromatic carbocycles. The van der Waals surface area contributed by atoms with Gasteiger partial charge < -0.3 is 0 Å². The summed E-state index contributed by atoms with van der Waals surface area (Å²) in [5.74, 6) is 0. The van der Waals surface area contributed by atoms with Crippen LogP contribution in [0.15, 0.2) is 24.3 Å². The predicted octanol–water partition coefficient (Wildman–Crippen LogP) is 3.63. The summed E-state index contributed by atoms with van der Waals surface area (Å²) in [6, 6.07) is 6.72. The fourth-order valence-corrected chi connectivity index (χ4v) is 0.891. The number of rotatable bonds is 3. The topological polar surface area (TPSA) is 20.3 Å². The van der Waals surface area contributed by atoms with Crippen LogP contribution < -0.4 is 0 Å². The molecule has 0 N–H and O–H groups in total. The Hall–Kier alpha value is -0.570. The average Bonchev–Trinajstić information content (AvgIpc) is 2.30. The van der Waals surface area contributed by atoms with Crippen molar-refractivity contribution in [2.24, 2.45) is 0 Å². The lowest BCUT2D eigenvalue weighted by Crippen LogP contribution is -2.08. The van der Waals surface area contributed by atoms with Gasteiger partial charge in [0.05, 0.1) is 0 Å². The van der Waals surface area contributed by atoms with Crippen LogP contribution in [0, 0.1) is 0 Å². The largest absolute Gasteiger partial charge is 0.298 e. The van der Waals surface area contributed by atoms with Gasteiger partial charge in [-0.15, -0.1) is 0 Å². The zero-order valence-corrected chi connectivity index (χ0v) is 10.4. The first-order valence-electron chi connectivity index (χ1n) is 4.75. The lowest BCUT2D eigenvalue weighted by Gasteiger charge is -2.03. The first-order valence-corrected chi connectivity index (χ1v) is 5.47. The quantitative estimate of drug-likeness (QED) is 0.601. The molecule has 0 saturated heterocycles. The molecule has 0 bridgehead atoms. The molecule has 84 valence electrons. The molecule has 0 saturated carbocycles.